The van der Waals surface area contributed by atoms with Crippen LogP contribution in [0.15, 0.2) is 59.8 Å². The number of para-hydroxylation sites is 1. The molecule has 0 bridgehead atoms. The summed E-state index contributed by atoms with van der Waals surface area (Å²) in [5.74, 6) is 1.47. The number of nitrogens with zero attached hydrogens (tertiary/aromatic N) is 6. The van der Waals surface area contributed by atoms with E-state index >= 15 is 0 Å². The molecule has 2 fully saturated rings. The quantitative estimate of drug-likeness (QED) is 0.317. The minimum Gasteiger partial charge on any atom is -0.366 e. The molecule has 0 aliphatic carbocycles. The Morgan fingerprint density at radius 2 is 1.50 bits per heavy atom. The third-order valence-electron chi connectivity index (χ3n) is 7.49. The number of amides is 2. The van der Waals surface area contributed by atoms with Crippen molar-refractivity contribution >= 4 is 35.1 Å². The molecule has 0 saturated carbocycles. The summed E-state index contributed by atoms with van der Waals surface area (Å²) in [6.45, 7) is 8.91. The van der Waals surface area contributed by atoms with Crippen LogP contribution in [0.25, 0.3) is 0 Å². The van der Waals surface area contributed by atoms with Gasteiger partial charge in [-0.15, -0.1) is 0 Å². The number of halogens is 1. The molecule has 2 aliphatic rings. The maximum absolute atomic E-state index is 14.2. The molecular weight excluding hydrogens is 527 g/mol. The van der Waals surface area contributed by atoms with E-state index in [1.165, 1.54) is 6.07 Å². The standard InChI is InChI=1S/C30H35FN6O2S/c1-3-25-20-28(36-16-14-35(15-17-36)27-7-5-4-6-26(27)31)33-30(32-25)40-21-23-8-10-24(11-9-23)29(39)37-18-12-34(13-19-37)22(2)38/h4-11,20H,3,12-19,21H2,1-2H3. The van der Waals surface area contributed by atoms with E-state index in [1.54, 1.807) is 29.7 Å². The van der Waals surface area contributed by atoms with Crippen molar-refractivity contribution in [1.82, 2.24) is 19.8 Å². The number of rotatable bonds is 7. The predicted molar refractivity (Wildman–Crippen MR) is 156 cm³/mol. The zero-order chi connectivity index (χ0) is 28.1. The Bertz CT molecular complexity index is 1340. The number of carbonyl (C=O) groups excluding carboxylic acids is 2. The molecule has 0 N–H and O–H groups in total. The molecule has 40 heavy (non-hydrogen) atoms. The van der Waals surface area contributed by atoms with Gasteiger partial charge in [0.25, 0.3) is 5.91 Å². The summed E-state index contributed by atoms with van der Waals surface area (Å²) in [6, 6.07) is 16.7. The lowest BCUT2D eigenvalue weighted by Crippen LogP contribution is -2.50. The highest BCUT2D eigenvalue weighted by molar-refractivity contribution is 7.98. The SMILES string of the molecule is CCc1cc(N2CCN(c3ccccc3F)CC2)nc(SCc2ccc(C(=O)N3CCN(C(C)=O)CC3)cc2)n1. The van der Waals surface area contributed by atoms with Crippen molar-refractivity contribution in [3.63, 3.8) is 0 Å². The number of thioether (sulfide) groups is 1. The molecule has 2 saturated heterocycles. The lowest BCUT2D eigenvalue weighted by molar-refractivity contribution is -0.130. The van der Waals surface area contributed by atoms with E-state index in [0.717, 1.165) is 54.8 Å². The summed E-state index contributed by atoms with van der Waals surface area (Å²) in [5.41, 5.74) is 3.40. The van der Waals surface area contributed by atoms with Gasteiger partial charge >= 0.3 is 0 Å². The van der Waals surface area contributed by atoms with Crippen molar-refractivity contribution in [3.05, 3.63) is 77.2 Å². The number of aryl methyl sites for hydroxylation is 1. The third-order valence-corrected chi connectivity index (χ3v) is 8.40. The van der Waals surface area contributed by atoms with Gasteiger partial charge in [-0.25, -0.2) is 14.4 Å². The van der Waals surface area contributed by atoms with E-state index in [9.17, 15) is 14.0 Å². The normalized spacial score (nSPS) is 15.9. The highest BCUT2D eigenvalue weighted by Gasteiger charge is 2.24. The highest BCUT2D eigenvalue weighted by Crippen LogP contribution is 2.26. The summed E-state index contributed by atoms with van der Waals surface area (Å²) in [5, 5.41) is 0.731. The zero-order valence-corrected chi connectivity index (χ0v) is 23.9. The fraction of sp³-hybridized carbons (Fsp3) is 0.400. The number of benzene rings is 2. The maximum atomic E-state index is 14.2. The largest absolute Gasteiger partial charge is 0.366 e. The molecule has 0 unspecified atom stereocenters. The van der Waals surface area contributed by atoms with E-state index < -0.39 is 0 Å². The van der Waals surface area contributed by atoms with E-state index in [2.05, 4.69) is 22.8 Å². The summed E-state index contributed by atoms with van der Waals surface area (Å²) < 4.78 is 14.2. The Kier molecular flexibility index (Phi) is 8.84. The van der Waals surface area contributed by atoms with Crippen LogP contribution in [-0.4, -0.2) is 83.9 Å². The smallest absolute Gasteiger partial charge is 0.253 e. The van der Waals surface area contributed by atoms with Crippen LogP contribution in [0.4, 0.5) is 15.9 Å². The number of anilines is 2. The summed E-state index contributed by atoms with van der Waals surface area (Å²) in [6.07, 6.45) is 0.815. The number of piperazine rings is 2. The molecule has 2 aromatic carbocycles. The van der Waals surface area contributed by atoms with Gasteiger partial charge in [-0.2, -0.15) is 0 Å². The first-order valence-electron chi connectivity index (χ1n) is 13.8. The first kappa shape index (κ1) is 27.9. The maximum Gasteiger partial charge on any atom is 0.253 e. The van der Waals surface area contributed by atoms with Crippen LogP contribution in [0.3, 0.4) is 0 Å². The van der Waals surface area contributed by atoms with Crippen molar-refractivity contribution in [2.75, 3.05) is 62.2 Å². The average Bonchev–Trinajstić information content (AvgIpc) is 3.00. The van der Waals surface area contributed by atoms with Gasteiger partial charge in [0.15, 0.2) is 5.16 Å². The van der Waals surface area contributed by atoms with Gasteiger partial charge in [0, 0.05) is 82.4 Å². The topological polar surface area (TPSA) is 72.9 Å². The Hall–Kier alpha value is -3.66. The van der Waals surface area contributed by atoms with Gasteiger partial charge in [0.1, 0.15) is 11.6 Å². The molecule has 210 valence electrons. The fourth-order valence-electron chi connectivity index (χ4n) is 5.05. The van der Waals surface area contributed by atoms with Gasteiger partial charge in [-0.3, -0.25) is 9.59 Å². The summed E-state index contributed by atoms with van der Waals surface area (Å²) >= 11 is 1.58. The van der Waals surface area contributed by atoms with Crippen LogP contribution in [0.1, 0.15) is 35.5 Å². The molecule has 10 heteroatoms. The molecule has 1 aromatic heterocycles. The van der Waals surface area contributed by atoms with Crippen LogP contribution >= 0.6 is 11.8 Å². The molecule has 8 nitrogen and oxygen atoms in total. The number of hydrogen-bond donors (Lipinski definition) is 0. The van der Waals surface area contributed by atoms with Crippen LogP contribution in [0.2, 0.25) is 0 Å². The Morgan fingerprint density at radius 1 is 0.850 bits per heavy atom. The van der Waals surface area contributed by atoms with Crippen molar-refractivity contribution in [2.24, 2.45) is 0 Å². The van der Waals surface area contributed by atoms with Crippen molar-refractivity contribution in [2.45, 2.75) is 31.2 Å². The molecule has 3 heterocycles. The molecule has 0 radical (unpaired) electrons. The van der Waals surface area contributed by atoms with Crippen molar-refractivity contribution < 1.29 is 14.0 Å². The van der Waals surface area contributed by atoms with Crippen molar-refractivity contribution in [3.8, 4) is 0 Å². The molecule has 0 spiro atoms. The van der Waals surface area contributed by atoms with Gasteiger partial charge in [-0.05, 0) is 36.2 Å². The van der Waals surface area contributed by atoms with Gasteiger partial charge in [0.05, 0.1) is 5.69 Å². The average molecular weight is 563 g/mol. The van der Waals surface area contributed by atoms with Crippen LogP contribution in [0.5, 0.6) is 0 Å². The Labute approximate surface area is 239 Å². The van der Waals surface area contributed by atoms with E-state index in [4.69, 9.17) is 9.97 Å². The molecule has 2 amide bonds. The van der Waals surface area contributed by atoms with Crippen LogP contribution in [0, 0.1) is 5.82 Å². The molecular formula is C30H35FN6O2S. The number of carbonyl (C=O) groups is 2. The first-order valence-corrected chi connectivity index (χ1v) is 14.8. The van der Waals surface area contributed by atoms with Gasteiger partial charge in [0.2, 0.25) is 5.91 Å². The third kappa shape index (κ3) is 6.55. The molecule has 2 aliphatic heterocycles. The minimum atomic E-state index is -0.185. The predicted octanol–water partition coefficient (Wildman–Crippen LogP) is 4.10. The number of hydrogen-bond acceptors (Lipinski definition) is 7. The Morgan fingerprint density at radius 3 is 2.15 bits per heavy atom. The second-order valence-corrected chi connectivity index (χ2v) is 11.0. The summed E-state index contributed by atoms with van der Waals surface area (Å²) in [7, 11) is 0. The van der Waals surface area contributed by atoms with Gasteiger partial charge < -0.3 is 19.6 Å². The monoisotopic (exact) mass is 562 g/mol. The number of aromatic nitrogens is 2. The zero-order valence-electron chi connectivity index (χ0n) is 23.1. The van der Waals surface area contributed by atoms with Crippen LogP contribution < -0.4 is 9.80 Å². The Balaban J connectivity index is 1.18. The second kappa shape index (κ2) is 12.7. The first-order chi connectivity index (χ1) is 19.4. The van der Waals surface area contributed by atoms with E-state index in [0.29, 0.717) is 43.2 Å². The van der Waals surface area contributed by atoms with Gasteiger partial charge in [-0.1, -0.05) is 43.0 Å². The fourth-order valence-corrected chi connectivity index (χ4v) is 5.88. The van der Waals surface area contributed by atoms with E-state index in [1.807, 2.05) is 41.3 Å². The molecule has 3 aromatic rings. The van der Waals surface area contributed by atoms with E-state index in [-0.39, 0.29) is 17.6 Å². The second-order valence-electron chi connectivity index (χ2n) is 10.1. The van der Waals surface area contributed by atoms with Crippen LogP contribution in [-0.2, 0) is 17.0 Å². The minimum absolute atomic E-state index is 0.00104. The highest BCUT2D eigenvalue weighted by atomic mass is 32.2. The lowest BCUT2D eigenvalue weighted by Gasteiger charge is -2.37. The summed E-state index contributed by atoms with van der Waals surface area (Å²) in [4.78, 5) is 42.0. The molecule has 5 rings (SSSR count). The molecule has 0 atom stereocenters. The van der Waals surface area contributed by atoms with Crippen molar-refractivity contribution in [1.29, 1.82) is 0 Å². The lowest BCUT2D eigenvalue weighted by atomic mass is 10.1.